The van der Waals surface area contributed by atoms with Crippen molar-refractivity contribution in [3.63, 3.8) is 0 Å². The van der Waals surface area contributed by atoms with E-state index in [4.69, 9.17) is 13.3 Å². The zero-order valence-corrected chi connectivity index (χ0v) is 16.0. The summed E-state index contributed by atoms with van der Waals surface area (Å²) < 4.78 is 22.0. The zero-order valence-electron chi connectivity index (χ0n) is 13.0. The summed E-state index contributed by atoms with van der Waals surface area (Å²) in [7, 11) is -1.78. The molecule has 1 aromatic heterocycles. The van der Waals surface area contributed by atoms with Gasteiger partial charge in [0.25, 0.3) is 0 Å². The van der Waals surface area contributed by atoms with Gasteiger partial charge in [0.15, 0.2) is 0 Å². The molecular weight excluding hydrogens is 290 g/mol. The Kier molecular flexibility index (Phi) is 8.26. The van der Waals surface area contributed by atoms with Crippen LogP contribution in [0.4, 0.5) is 0 Å². The molecule has 0 fully saturated rings. The lowest BCUT2D eigenvalue weighted by Gasteiger charge is -2.35. The number of aromatic nitrogens is 2. The predicted octanol–water partition coefficient (Wildman–Crippen LogP) is 0.401. The van der Waals surface area contributed by atoms with Gasteiger partial charge in [-0.3, -0.25) is 4.23 Å². The molecule has 0 unspecified atom stereocenters. The Morgan fingerprint density at radius 1 is 1.15 bits per heavy atom. The van der Waals surface area contributed by atoms with Crippen LogP contribution in [0.1, 0.15) is 27.2 Å². The predicted molar refractivity (Wildman–Crippen MR) is 84.1 cm³/mol. The molecule has 20 heavy (non-hydrogen) atoms. The molecule has 0 radical (unpaired) electrons. The number of imidazole rings is 1. The van der Waals surface area contributed by atoms with Gasteiger partial charge in [0, 0.05) is 38.8 Å². The molecule has 0 aliphatic carbocycles. The lowest BCUT2D eigenvalue weighted by atomic mass is 10.4. The smallest absolute Gasteiger partial charge is 0.362 e. The Morgan fingerprint density at radius 2 is 1.75 bits per heavy atom. The SMILES string of the molecule is CCO[Si](OCC)(OCC)N([SiH3])CCCn1ccnc1. The van der Waals surface area contributed by atoms with Crippen molar-refractivity contribution in [1.82, 2.24) is 13.8 Å². The molecule has 0 saturated heterocycles. The molecule has 1 heterocycles. The van der Waals surface area contributed by atoms with Crippen LogP contribution >= 0.6 is 0 Å². The monoisotopic (exact) mass is 317 g/mol. The molecule has 0 atom stereocenters. The molecule has 6 nitrogen and oxygen atoms in total. The Balaban J connectivity index is 2.54. The Hall–Kier alpha value is -0.516. The number of aryl methyl sites for hydroxylation is 1. The van der Waals surface area contributed by atoms with Gasteiger partial charge in [0.1, 0.15) is 0 Å². The maximum Gasteiger partial charge on any atom is 0.591 e. The summed E-state index contributed by atoms with van der Waals surface area (Å²) in [5, 5.41) is 0. The van der Waals surface area contributed by atoms with Crippen LogP contribution in [0.15, 0.2) is 18.7 Å². The van der Waals surface area contributed by atoms with Gasteiger partial charge < -0.3 is 17.8 Å². The number of hydrogen-bond acceptors (Lipinski definition) is 5. The van der Waals surface area contributed by atoms with Gasteiger partial charge in [-0.2, -0.15) is 0 Å². The van der Waals surface area contributed by atoms with E-state index in [9.17, 15) is 0 Å². The summed E-state index contributed by atoms with van der Waals surface area (Å²) in [5.74, 6) is 0. The first kappa shape index (κ1) is 17.5. The van der Waals surface area contributed by atoms with Crippen LogP contribution in [0.5, 0.6) is 0 Å². The van der Waals surface area contributed by atoms with Crippen molar-refractivity contribution in [3.8, 4) is 0 Å². The quantitative estimate of drug-likeness (QED) is 0.553. The first-order chi connectivity index (χ1) is 9.68. The minimum absolute atomic E-state index is 0.618. The van der Waals surface area contributed by atoms with Crippen LogP contribution in [0.2, 0.25) is 0 Å². The molecule has 1 aromatic rings. The van der Waals surface area contributed by atoms with Crippen LogP contribution in [-0.4, -0.2) is 59.5 Å². The lowest BCUT2D eigenvalue weighted by molar-refractivity contribution is 0.0375. The Bertz CT molecular complexity index is 335. The third kappa shape index (κ3) is 5.11. The second-order valence-corrected chi connectivity index (χ2v) is 9.05. The van der Waals surface area contributed by atoms with E-state index in [-0.39, 0.29) is 0 Å². The van der Waals surface area contributed by atoms with Crippen molar-refractivity contribution in [3.05, 3.63) is 18.7 Å². The van der Waals surface area contributed by atoms with Crippen molar-refractivity contribution in [2.75, 3.05) is 26.4 Å². The van der Waals surface area contributed by atoms with Crippen molar-refractivity contribution >= 4 is 19.4 Å². The molecule has 116 valence electrons. The van der Waals surface area contributed by atoms with Crippen LogP contribution in [0.25, 0.3) is 0 Å². The number of rotatable bonds is 11. The zero-order chi connectivity index (χ0) is 14.8. The summed E-state index contributed by atoms with van der Waals surface area (Å²) >= 11 is 0. The van der Waals surface area contributed by atoms with Crippen LogP contribution in [-0.2, 0) is 19.8 Å². The summed E-state index contributed by atoms with van der Waals surface area (Å²) in [4.78, 5) is 4.05. The third-order valence-corrected chi connectivity index (χ3v) is 8.13. The lowest BCUT2D eigenvalue weighted by Crippen LogP contribution is -2.60. The fraction of sp³-hybridized carbons (Fsp3) is 0.750. The summed E-state index contributed by atoms with van der Waals surface area (Å²) in [6, 6.07) is 0. The molecule has 0 aliphatic rings. The van der Waals surface area contributed by atoms with Gasteiger partial charge >= 0.3 is 8.97 Å². The van der Waals surface area contributed by atoms with Gasteiger partial charge in [-0.25, -0.2) is 4.98 Å². The highest BCUT2D eigenvalue weighted by Gasteiger charge is 2.45. The second kappa shape index (κ2) is 9.43. The van der Waals surface area contributed by atoms with Gasteiger partial charge in [-0.05, 0) is 33.7 Å². The highest BCUT2D eigenvalue weighted by atomic mass is 28.4. The number of hydrogen-bond donors (Lipinski definition) is 0. The first-order valence-electron chi connectivity index (χ1n) is 7.27. The van der Waals surface area contributed by atoms with Crippen molar-refractivity contribution in [2.24, 2.45) is 0 Å². The molecular formula is C12H27N3O3Si2. The normalized spacial score (nSPS) is 12.4. The maximum absolute atomic E-state index is 5.90. The van der Waals surface area contributed by atoms with E-state index >= 15 is 0 Å². The van der Waals surface area contributed by atoms with Crippen LogP contribution in [0, 0.1) is 0 Å². The van der Waals surface area contributed by atoms with E-state index in [1.54, 1.807) is 6.20 Å². The molecule has 0 saturated carbocycles. The summed E-state index contributed by atoms with van der Waals surface area (Å²) in [6.07, 6.45) is 6.66. The molecule has 0 aromatic carbocycles. The van der Waals surface area contributed by atoms with E-state index in [0.29, 0.717) is 19.8 Å². The van der Waals surface area contributed by atoms with E-state index in [2.05, 4.69) is 13.8 Å². The number of nitrogens with zero attached hydrogens (tertiary/aromatic N) is 3. The van der Waals surface area contributed by atoms with Crippen molar-refractivity contribution in [2.45, 2.75) is 33.7 Å². The third-order valence-electron chi connectivity index (χ3n) is 2.92. The van der Waals surface area contributed by atoms with Crippen LogP contribution in [0.3, 0.4) is 0 Å². The summed E-state index contributed by atoms with van der Waals surface area (Å²) in [5.41, 5.74) is 0. The fourth-order valence-electron chi connectivity index (χ4n) is 2.05. The van der Waals surface area contributed by atoms with Crippen LogP contribution < -0.4 is 0 Å². The van der Waals surface area contributed by atoms with Gasteiger partial charge in [0.05, 0.1) is 16.7 Å². The van der Waals surface area contributed by atoms with Gasteiger partial charge in [0.2, 0.25) is 0 Å². The summed E-state index contributed by atoms with van der Waals surface area (Å²) in [6.45, 7) is 9.69. The average molecular weight is 318 g/mol. The second-order valence-electron chi connectivity index (χ2n) is 4.40. The highest BCUT2D eigenvalue weighted by Crippen LogP contribution is 2.14. The minimum Gasteiger partial charge on any atom is -0.362 e. The maximum atomic E-state index is 5.90. The largest absolute Gasteiger partial charge is 0.591 e. The van der Waals surface area contributed by atoms with E-state index in [1.165, 1.54) is 0 Å². The van der Waals surface area contributed by atoms with Crippen molar-refractivity contribution < 1.29 is 13.3 Å². The Labute approximate surface area is 126 Å². The first-order valence-corrected chi connectivity index (χ1v) is 9.84. The van der Waals surface area contributed by atoms with Gasteiger partial charge in [-0.1, -0.05) is 0 Å². The molecule has 0 bridgehead atoms. The molecule has 0 N–H and O–H groups in total. The molecule has 0 aliphatic heterocycles. The van der Waals surface area contributed by atoms with E-state index in [1.807, 2.05) is 33.3 Å². The standard InChI is InChI=1S/C12H27N3O3Si2/c1-4-16-20(17-5-2,18-6-3)15(19)10-7-9-14-11-8-13-12-14/h8,11-12H,4-7,9-10H2,1-3,19H3. The molecule has 0 amide bonds. The van der Waals surface area contributed by atoms with Crippen molar-refractivity contribution in [1.29, 1.82) is 0 Å². The average Bonchev–Trinajstić information content (AvgIpc) is 2.92. The topological polar surface area (TPSA) is 48.8 Å². The fourth-order valence-corrected chi connectivity index (χ4v) is 5.96. The highest BCUT2D eigenvalue weighted by molar-refractivity contribution is 6.62. The molecule has 1 rings (SSSR count). The Morgan fingerprint density at radius 3 is 2.20 bits per heavy atom. The van der Waals surface area contributed by atoms with E-state index < -0.39 is 8.97 Å². The molecule has 0 spiro atoms. The van der Waals surface area contributed by atoms with Gasteiger partial charge in [-0.15, -0.1) is 0 Å². The molecule has 8 heteroatoms. The minimum atomic E-state index is -2.65. The van der Waals surface area contributed by atoms with E-state index in [0.717, 1.165) is 29.9 Å².